The van der Waals surface area contributed by atoms with Crippen molar-refractivity contribution < 1.29 is 9.47 Å². The van der Waals surface area contributed by atoms with Crippen LogP contribution in [-0.2, 0) is 0 Å². The van der Waals surface area contributed by atoms with E-state index in [1.807, 2.05) is 31.3 Å². The Morgan fingerprint density at radius 1 is 1.11 bits per heavy atom. The van der Waals surface area contributed by atoms with E-state index >= 15 is 0 Å². The first-order chi connectivity index (χ1) is 9.28. The van der Waals surface area contributed by atoms with Gasteiger partial charge in [0, 0.05) is 12.3 Å². The summed E-state index contributed by atoms with van der Waals surface area (Å²) in [7, 11) is 5.16. The highest BCUT2D eigenvalue weighted by molar-refractivity contribution is 5.41. The summed E-state index contributed by atoms with van der Waals surface area (Å²) >= 11 is 0. The Bertz CT molecular complexity index is 509. The number of nitrogens with zero attached hydrogens (tertiary/aromatic N) is 2. The molecule has 0 aliphatic rings. The van der Waals surface area contributed by atoms with Crippen molar-refractivity contribution in [3.8, 4) is 11.5 Å². The van der Waals surface area contributed by atoms with Gasteiger partial charge in [0.25, 0.3) is 0 Å². The van der Waals surface area contributed by atoms with Gasteiger partial charge in [0.05, 0.1) is 26.0 Å². The minimum Gasteiger partial charge on any atom is -0.497 e. The van der Waals surface area contributed by atoms with Crippen LogP contribution >= 0.6 is 0 Å². The molecule has 2 rings (SSSR count). The van der Waals surface area contributed by atoms with Gasteiger partial charge in [0.2, 0.25) is 0 Å². The quantitative estimate of drug-likeness (QED) is 0.887. The first-order valence-electron chi connectivity index (χ1n) is 5.94. The van der Waals surface area contributed by atoms with Crippen LogP contribution in [0.25, 0.3) is 0 Å². The summed E-state index contributed by atoms with van der Waals surface area (Å²) in [6.07, 6.45) is 3.27. The molecule has 0 radical (unpaired) electrons. The number of nitrogens with one attached hydrogen (secondary N) is 1. The average Bonchev–Trinajstić information content (AvgIpc) is 2.48. The van der Waals surface area contributed by atoms with E-state index in [0.717, 1.165) is 22.8 Å². The minimum absolute atomic E-state index is 0.0352. The smallest absolute Gasteiger partial charge is 0.122 e. The highest BCUT2D eigenvalue weighted by Crippen LogP contribution is 2.28. The van der Waals surface area contributed by atoms with Crippen molar-refractivity contribution in [1.82, 2.24) is 15.3 Å². The first kappa shape index (κ1) is 13.3. The van der Waals surface area contributed by atoms with Crippen LogP contribution in [0.2, 0.25) is 0 Å². The fraction of sp³-hybridized carbons (Fsp3) is 0.286. The summed E-state index contributed by atoms with van der Waals surface area (Å²) in [5.41, 5.74) is 1.92. The zero-order valence-electron chi connectivity index (χ0n) is 11.3. The van der Waals surface area contributed by atoms with E-state index in [2.05, 4.69) is 15.3 Å². The second-order valence-corrected chi connectivity index (χ2v) is 4.00. The van der Waals surface area contributed by atoms with Gasteiger partial charge in [-0.25, -0.2) is 9.97 Å². The maximum absolute atomic E-state index is 5.29. The highest BCUT2D eigenvalue weighted by Gasteiger charge is 2.15. The van der Waals surface area contributed by atoms with Crippen LogP contribution in [-0.4, -0.2) is 31.2 Å². The van der Waals surface area contributed by atoms with Crippen molar-refractivity contribution in [2.75, 3.05) is 21.3 Å². The lowest BCUT2D eigenvalue weighted by atomic mass is 10.0. The minimum atomic E-state index is -0.0352. The van der Waals surface area contributed by atoms with E-state index < -0.39 is 0 Å². The Morgan fingerprint density at radius 2 is 1.79 bits per heavy atom. The molecule has 5 nitrogen and oxygen atoms in total. The third-order valence-corrected chi connectivity index (χ3v) is 2.90. The summed E-state index contributed by atoms with van der Waals surface area (Å²) in [5, 5.41) is 3.24. The molecule has 0 saturated heterocycles. The summed E-state index contributed by atoms with van der Waals surface area (Å²) in [5.74, 6) is 1.51. The number of rotatable bonds is 5. The van der Waals surface area contributed by atoms with Gasteiger partial charge in [0.1, 0.15) is 17.8 Å². The van der Waals surface area contributed by atoms with E-state index in [1.54, 1.807) is 20.4 Å². The molecule has 100 valence electrons. The Hall–Kier alpha value is -2.14. The van der Waals surface area contributed by atoms with Gasteiger partial charge >= 0.3 is 0 Å². The lowest BCUT2D eigenvalue weighted by Crippen LogP contribution is -2.19. The van der Waals surface area contributed by atoms with Gasteiger partial charge in [-0.1, -0.05) is 0 Å². The number of methoxy groups -OCH3 is 2. The predicted molar refractivity (Wildman–Crippen MR) is 72.5 cm³/mol. The maximum Gasteiger partial charge on any atom is 0.122 e. The van der Waals surface area contributed by atoms with Gasteiger partial charge in [-0.05, 0) is 30.8 Å². The first-order valence-corrected chi connectivity index (χ1v) is 5.94. The van der Waals surface area contributed by atoms with E-state index in [4.69, 9.17) is 9.47 Å². The standard InChI is InChI=1S/C14H17N3O2/c1-15-14(13-4-5-16-9-17-13)10-6-11(18-2)8-12(7-10)19-3/h4-9,14-15H,1-3H3. The lowest BCUT2D eigenvalue weighted by Gasteiger charge is -2.17. The van der Waals surface area contributed by atoms with Crippen LogP contribution in [0.4, 0.5) is 0 Å². The zero-order valence-corrected chi connectivity index (χ0v) is 11.3. The Kier molecular flexibility index (Phi) is 4.30. The second kappa shape index (κ2) is 6.15. The summed E-state index contributed by atoms with van der Waals surface area (Å²) in [6.45, 7) is 0. The number of aromatic nitrogens is 2. The third-order valence-electron chi connectivity index (χ3n) is 2.90. The number of benzene rings is 1. The van der Waals surface area contributed by atoms with Crippen molar-refractivity contribution in [2.45, 2.75) is 6.04 Å². The van der Waals surface area contributed by atoms with Crippen LogP contribution in [0.5, 0.6) is 11.5 Å². The topological polar surface area (TPSA) is 56.3 Å². The fourth-order valence-electron chi connectivity index (χ4n) is 1.95. The van der Waals surface area contributed by atoms with E-state index in [0.29, 0.717) is 0 Å². The van der Waals surface area contributed by atoms with Gasteiger partial charge in [-0.3, -0.25) is 0 Å². The summed E-state index contributed by atoms with van der Waals surface area (Å²) < 4.78 is 10.6. The van der Waals surface area contributed by atoms with Crippen molar-refractivity contribution >= 4 is 0 Å². The van der Waals surface area contributed by atoms with E-state index in [1.165, 1.54) is 6.33 Å². The molecule has 1 aromatic carbocycles. The molecule has 0 bridgehead atoms. The molecule has 0 amide bonds. The molecule has 1 atom stereocenters. The van der Waals surface area contributed by atoms with Crippen molar-refractivity contribution in [3.63, 3.8) is 0 Å². The van der Waals surface area contributed by atoms with Crippen LogP contribution in [0, 0.1) is 0 Å². The number of ether oxygens (including phenoxy) is 2. The van der Waals surface area contributed by atoms with Gasteiger partial charge in [0.15, 0.2) is 0 Å². The molecule has 0 fully saturated rings. The Morgan fingerprint density at radius 3 is 2.26 bits per heavy atom. The molecule has 5 heteroatoms. The molecule has 0 spiro atoms. The van der Waals surface area contributed by atoms with Crippen LogP contribution in [0.3, 0.4) is 0 Å². The number of hydrogen-bond donors (Lipinski definition) is 1. The van der Waals surface area contributed by atoms with Crippen molar-refractivity contribution in [1.29, 1.82) is 0 Å². The molecule has 1 heterocycles. The second-order valence-electron chi connectivity index (χ2n) is 4.00. The van der Waals surface area contributed by atoms with Crippen LogP contribution in [0.1, 0.15) is 17.3 Å². The Balaban J connectivity index is 2.43. The van der Waals surface area contributed by atoms with Crippen molar-refractivity contribution in [2.24, 2.45) is 0 Å². The van der Waals surface area contributed by atoms with E-state index in [9.17, 15) is 0 Å². The molecule has 19 heavy (non-hydrogen) atoms. The molecule has 0 saturated carbocycles. The lowest BCUT2D eigenvalue weighted by molar-refractivity contribution is 0.392. The molecule has 1 N–H and O–H groups in total. The molecular weight excluding hydrogens is 242 g/mol. The molecule has 2 aromatic rings. The molecular formula is C14H17N3O2. The fourth-order valence-corrected chi connectivity index (χ4v) is 1.95. The zero-order chi connectivity index (χ0) is 13.7. The summed E-state index contributed by atoms with van der Waals surface area (Å²) in [6, 6.07) is 7.62. The molecule has 1 aromatic heterocycles. The monoisotopic (exact) mass is 259 g/mol. The third kappa shape index (κ3) is 3.00. The van der Waals surface area contributed by atoms with E-state index in [-0.39, 0.29) is 6.04 Å². The largest absolute Gasteiger partial charge is 0.497 e. The van der Waals surface area contributed by atoms with Crippen molar-refractivity contribution in [3.05, 3.63) is 48.0 Å². The normalized spacial score (nSPS) is 11.9. The predicted octanol–water partition coefficient (Wildman–Crippen LogP) is 1.80. The maximum atomic E-state index is 5.29. The number of hydrogen-bond acceptors (Lipinski definition) is 5. The average molecular weight is 259 g/mol. The highest BCUT2D eigenvalue weighted by atomic mass is 16.5. The van der Waals surface area contributed by atoms with Crippen LogP contribution < -0.4 is 14.8 Å². The van der Waals surface area contributed by atoms with Gasteiger partial charge in [-0.15, -0.1) is 0 Å². The molecule has 1 unspecified atom stereocenters. The van der Waals surface area contributed by atoms with Gasteiger partial charge < -0.3 is 14.8 Å². The summed E-state index contributed by atoms with van der Waals surface area (Å²) in [4.78, 5) is 8.22. The Labute approximate surface area is 112 Å². The SMILES string of the molecule is CNC(c1cc(OC)cc(OC)c1)c1ccncn1. The molecule has 0 aliphatic heterocycles. The van der Waals surface area contributed by atoms with Crippen LogP contribution in [0.15, 0.2) is 36.8 Å². The van der Waals surface area contributed by atoms with Gasteiger partial charge in [-0.2, -0.15) is 0 Å². The molecule has 0 aliphatic carbocycles.